The molecule has 8 heteroatoms. The van der Waals surface area contributed by atoms with Gasteiger partial charge in [0.1, 0.15) is 10.6 Å². The molecule has 6 nitrogen and oxygen atoms in total. The number of aryl methyl sites for hydroxylation is 1. The molecule has 0 spiro atoms. The van der Waals surface area contributed by atoms with Gasteiger partial charge < -0.3 is 5.32 Å². The molecule has 3 heterocycles. The van der Waals surface area contributed by atoms with Crippen LogP contribution >= 0.6 is 11.3 Å². The molecule has 1 N–H and O–H groups in total. The van der Waals surface area contributed by atoms with Gasteiger partial charge in [0, 0.05) is 18.1 Å². The van der Waals surface area contributed by atoms with Crippen LogP contribution in [0.1, 0.15) is 26.5 Å². The second-order valence-corrected chi connectivity index (χ2v) is 8.86. The second kappa shape index (κ2) is 8.99. The Bertz CT molecular complexity index is 1400. The Kier molecular flexibility index (Phi) is 5.75. The lowest BCUT2D eigenvalue weighted by Crippen LogP contribution is -2.24. The van der Waals surface area contributed by atoms with Crippen molar-refractivity contribution in [1.82, 2.24) is 24.9 Å². The molecule has 0 aliphatic rings. The van der Waals surface area contributed by atoms with Crippen molar-refractivity contribution in [3.8, 4) is 5.69 Å². The number of fused-ring (bicyclic) bond motifs is 1. The van der Waals surface area contributed by atoms with E-state index in [-0.39, 0.29) is 11.7 Å². The molecular weight excluding hydrogens is 437 g/mol. The van der Waals surface area contributed by atoms with Gasteiger partial charge in [-0.3, -0.25) is 9.48 Å². The van der Waals surface area contributed by atoms with E-state index in [0.717, 1.165) is 32.7 Å². The molecule has 0 bridgehead atoms. The van der Waals surface area contributed by atoms with Crippen molar-refractivity contribution in [1.29, 1.82) is 0 Å². The van der Waals surface area contributed by atoms with Gasteiger partial charge in [-0.05, 0) is 54.8 Å². The van der Waals surface area contributed by atoms with Crippen molar-refractivity contribution in [2.24, 2.45) is 0 Å². The normalized spacial score (nSPS) is 11.2. The van der Waals surface area contributed by atoms with E-state index in [9.17, 15) is 9.18 Å². The molecule has 0 fully saturated rings. The third-order valence-electron chi connectivity index (χ3n) is 5.43. The summed E-state index contributed by atoms with van der Waals surface area (Å²) in [6.07, 6.45) is 4.50. The number of para-hydroxylation sites is 1. The molecule has 0 atom stereocenters. The zero-order chi connectivity index (χ0) is 22.8. The van der Waals surface area contributed by atoms with Crippen LogP contribution in [0, 0.1) is 12.7 Å². The maximum Gasteiger partial charge on any atom is 0.261 e. The highest BCUT2D eigenvalue weighted by Crippen LogP contribution is 2.29. The first-order valence-electron chi connectivity index (χ1n) is 10.7. The number of nitrogens with zero attached hydrogens (tertiary/aromatic N) is 4. The first-order chi connectivity index (χ1) is 16.1. The maximum atomic E-state index is 13.2. The largest absolute Gasteiger partial charge is 0.351 e. The number of carbonyl (C=O) groups excluding carboxylic acids is 1. The Morgan fingerprint density at radius 2 is 1.88 bits per heavy atom. The topological polar surface area (TPSA) is 64.7 Å². The minimum atomic E-state index is -0.261. The molecule has 0 aliphatic heterocycles. The molecule has 5 rings (SSSR count). The van der Waals surface area contributed by atoms with Gasteiger partial charge in [-0.2, -0.15) is 10.2 Å². The maximum absolute atomic E-state index is 13.2. The summed E-state index contributed by atoms with van der Waals surface area (Å²) in [5, 5.41) is 13.0. The fourth-order valence-corrected chi connectivity index (χ4v) is 4.79. The highest BCUT2D eigenvalue weighted by atomic mass is 32.1. The number of halogens is 1. The number of rotatable bonds is 7. The monoisotopic (exact) mass is 459 g/mol. The molecule has 1 amide bonds. The molecular formula is C25H22FN5OS. The van der Waals surface area contributed by atoms with Crippen LogP contribution in [0.3, 0.4) is 0 Å². The van der Waals surface area contributed by atoms with E-state index in [1.54, 1.807) is 12.1 Å². The Morgan fingerprint density at radius 1 is 1.09 bits per heavy atom. The quantitative estimate of drug-likeness (QED) is 0.382. The molecule has 0 saturated heterocycles. The molecule has 0 radical (unpaired) electrons. The Labute approximate surface area is 194 Å². The van der Waals surface area contributed by atoms with Crippen LogP contribution in [-0.4, -0.2) is 32.0 Å². The summed E-state index contributed by atoms with van der Waals surface area (Å²) >= 11 is 1.42. The van der Waals surface area contributed by atoms with Gasteiger partial charge in [0.15, 0.2) is 0 Å². The van der Waals surface area contributed by atoms with E-state index >= 15 is 0 Å². The van der Waals surface area contributed by atoms with Crippen LogP contribution in [-0.2, 0) is 13.0 Å². The highest BCUT2D eigenvalue weighted by molar-refractivity contribution is 7.20. The van der Waals surface area contributed by atoms with Crippen LogP contribution in [0.2, 0.25) is 0 Å². The van der Waals surface area contributed by atoms with E-state index in [1.807, 2.05) is 65.1 Å². The summed E-state index contributed by atoms with van der Waals surface area (Å²) in [5.41, 5.74) is 3.89. The summed E-state index contributed by atoms with van der Waals surface area (Å²) in [4.78, 5) is 14.3. The molecule has 2 aromatic carbocycles. The Hall–Kier alpha value is -3.78. The molecule has 0 aliphatic carbocycles. The summed E-state index contributed by atoms with van der Waals surface area (Å²) in [5.74, 6) is -0.359. The second-order valence-electron chi connectivity index (χ2n) is 7.83. The SMILES string of the molecule is Cc1nn(Cc2ccc(F)cc2)c2sc(C(=O)NCCc3cnn(-c4ccccc4)c3)cc12. The van der Waals surface area contributed by atoms with Gasteiger partial charge in [-0.25, -0.2) is 9.07 Å². The molecule has 0 saturated carbocycles. The first-order valence-corrected chi connectivity index (χ1v) is 11.5. The number of hydrogen-bond acceptors (Lipinski definition) is 4. The minimum Gasteiger partial charge on any atom is -0.351 e. The Morgan fingerprint density at radius 3 is 2.67 bits per heavy atom. The van der Waals surface area contributed by atoms with Gasteiger partial charge in [-0.1, -0.05) is 30.3 Å². The number of carbonyl (C=O) groups is 1. The zero-order valence-corrected chi connectivity index (χ0v) is 18.8. The van der Waals surface area contributed by atoms with E-state index < -0.39 is 0 Å². The van der Waals surface area contributed by atoms with Gasteiger partial charge in [0.2, 0.25) is 0 Å². The van der Waals surface area contributed by atoms with Gasteiger partial charge in [-0.15, -0.1) is 11.3 Å². The fraction of sp³-hybridized carbons (Fsp3) is 0.160. The predicted octanol–water partition coefficient (Wildman–Crippen LogP) is 4.75. The Balaban J connectivity index is 1.23. The average Bonchev–Trinajstić information content (AvgIpc) is 3.54. The molecule has 5 aromatic rings. The number of thiophene rings is 1. The lowest BCUT2D eigenvalue weighted by atomic mass is 10.2. The van der Waals surface area contributed by atoms with Crippen molar-refractivity contribution in [3.63, 3.8) is 0 Å². The number of nitrogens with one attached hydrogen (secondary N) is 1. The smallest absolute Gasteiger partial charge is 0.261 e. The van der Waals surface area contributed by atoms with E-state index in [0.29, 0.717) is 24.4 Å². The van der Waals surface area contributed by atoms with Crippen molar-refractivity contribution in [2.45, 2.75) is 19.9 Å². The molecule has 3 aromatic heterocycles. The highest BCUT2D eigenvalue weighted by Gasteiger charge is 2.16. The summed E-state index contributed by atoms with van der Waals surface area (Å²) < 4.78 is 16.9. The van der Waals surface area contributed by atoms with Crippen molar-refractivity contribution >= 4 is 27.5 Å². The zero-order valence-electron chi connectivity index (χ0n) is 18.0. The van der Waals surface area contributed by atoms with E-state index in [2.05, 4.69) is 15.5 Å². The van der Waals surface area contributed by atoms with Crippen LogP contribution in [0.15, 0.2) is 73.1 Å². The van der Waals surface area contributed by atoms with Crippen molar-refractivity contribution in [2.75, 3.05) is 6.54 Å². The summed E-state index contributed by atoms with van der Waals surface area (Å²) in [6, 6.07) is 18.2. The minimum absolute atomic E-state index is 0.0978. The van der Waals surface area contributed by atoms with E-state index in [4.69, 9.17) is 0 Å². The lowest BCUT2D eigenvalue weighted by molar-refractivity contribution is 0.0958. The number of hydrogen-bond donors (Lipinski definition) is 1. The predicted molar refractivity (Wildman–Crippen MR) is 127 cm³/mol. The van der Waals surface area contributed by atoms with Crippen LogP contribution in [0.5, 0.6) is 0 Å². The third kappa shape index (κ3) is 4.56. The summed E-state index contributed by atoms with van der Waals surface area (Å²) in [6.45, 7) is 2.98. The lowest BCUT2D eigenvalue weighted by Gasteiger charge is -2.04. The van der Waals surface area contributed by atoms with Gasteiger partial charge in [0.25, 0.3) is 5.91 Å². The van der Waals surface area contributed by atoms with Gasteiger partial charge in [0.05, 0.1) is 29.0 Å². The van der Waals surface area contributed by atoms with Crippen molar-refractivity contribution in [3.05, 3.63) is 101 Å². The van der Waals surface area contributed by atoms with Crippen molar-refractivity contribution < 1.29 is 9.18 Å². The first kappa shape index (κ1) is 21.1. The van der Waals surface area contributed by atoms with Crippen LogP contribution < -0.4 is 5.32 Å². The van der Waals surface area contributed by atoms with Crippen LogP contribution in [0.4, 0.5) is 4.39 Å². The number of amides is 1. The number of benzene rings is 2. The molecule has 166 valence electrons. The average molecular weight is 460 g/mol. The van der Waals surface area contributed by atoms with Gasteiger partial charge >= 0.3 is 0 Å². The standard InChI is InChI=1S/C25H22FN5OS/c1-17-22-13-23(33-25(22)31(29-17)15-18-7-9-20(26)10-8-18)24(32)27-12-11-19-14-28-30(16-19)21-5-3-2-4-6-21/h2-10,13-14,16H,11-12,15H2,1H3,(H,27,32). The number of aromatic nitrogens is 4. The molecule has 0 unspecified atom stereocenters. The summed E-state index contributed by atoms with van der Waals surface area (Å²) in [7, 11) is 0. The third-order valence-corrected chi connectivity index (χ3v) is 6.58. The fourth-order valence-electron chi connectivity index (χ4n) is 3.71. The molecule has 33 heavy (non-hydrogen) atoms. The van der Waals surface area contributed by atoms with E-state index in [1.165, 1.54) is 23.5 Å². The van der Waals surface area contributed by atoms with Crippen LogP contribution in [0.25, 0.3) is 15.9 Å².